The Bertz CT molecular complexity index is 399. The summed E-state index contributed by atoms with van der Waals surface area (Å²) < 4.78 is 2.03. The zero-order valence-corrected chi connectivity index (χ0v) is 11.4. The second-order valence-electron chi connectivity index (χ2n) is 4.38. The van der Waals surface area contributed by atoms with Crippen LogP contribution in [0.2, 0.25) is 0 Å². The molecule has 0 saturated heterocycles. The molecule has 0 spiro atoms. The molecule has 3 N–H and O–H groups in total. The quantitative estimate of drug-likeness (QED) is 0.329. The van der Waals surface area contributed by atoms with Gasteiger partial charge in [0.05, 0.1) is 11.4 Å². The van der Waals surface area contributed by atoms with E-state index in [1.165, 1.54) is 5.69 Å². The Morgan fingerprint density at radius 2 is 2.28 bits per heavy atom. The average molecular weight is 253 g/mol. The fraction of sp³-hybridized carbons (Fsp3) is 0.667. The van der Waals surface area contributed by atoms with Gasteiger partial charge in [0.2, 0.25) is 0 Å². The van der Waals surface area contributed by atoms with Gasteiger partial charge in [0.1, 0.15) is 5.84 Å². The minimum atomic E-state index is 0.264. The van der Waals surface area contributed by atoms with E-state index in [9.17, 15) is 0 Å². The summed E-state index contributed by atoms with van der Waals surface area (Å²) in [6, 6.07) is 2.14. The molecule has 0 amide bonds. The Morgan fingerprint density at radius 3 is 2.83 bits per heavy atom. The van der Waals surface area contributed by atoms with Crippen molar-refractivity contribution in [2.45, 2.75) is 39.8 Å². The van der Waals surface area contributed by atoms with E-state index in [1.54, 1.807) is 0 Å². The Balaban J connectivity index is 2.57. The summed E-state index contributed by atoms with van der Waals surface area (Å²) in [6.07, 6.45) is 1.52. The predicted octanol–water partition coefficient (Wildman–Crippen LogP) is 1.03. The van der Waals surface area contributed by atoms with Crippen LogP contribution in [0.25, 0.3) is 0 Å². The highest BCUT2D eigenvalue weighted by Crippen LogP contribution is 2.08. The van der Waals surface area contributed by atoms with Crippen LogP contribution in [0, 0.1) is 0 Å². The normalized spacial score (nSPS) is 12.3. The van der Waals surface area contributed by atoms with Gasteiger partial charge >= 0.3 is 0 Å². The lowest BCUT2D eigenvalue weighted by molar-refractivity contribution is 0.306. The Labute approximate surface area is 108 Å². The van der Waals surface area contributed by atoms with Gasteiger partial charge in [0.15, 0.2) is 0 Å². The fourth-order valence-electron chi connectivity index (χ4n) is 1.80. The number of aryl methyl sites for hydroxylation is 2. The molecular weight excluding hydrogens is 230 g/mol. The van der Waals surface area contributed by atoms with Gasteiger partial charge in [-0.1, -0.05) is 12.1 Å². The Hall–Kier alpha value is -1.56. The monoisotopic (exact) mass is 253 g/mol. The molecule has 0 radical (unpaired) electrons. The average Bonchev–Trinajstić information content (AvgIpc) is 2.78. The highest BCUT2D eigenvalue weighted by atomic mass is 16.4. The van der Waals surface area contributed by atoms with Crippen molar-refractivity contribution in [2.75, 3.05) is 13.6 Å². The van der Waals surface area contributed by atoms with E-state index in [0.717, 1.165) is 31.7 Å². The largest absolute Gasteiger partial charge is 0.409 e. The minimum Gasteiger partial charge on any atom is -0.409 e. The number of nitrogens with two attached hydrogens (primary N) is 1. The maximum absolute atomic E-state index is 8.49. The first-order valence-electron chi connectivity index (χ1n) is 6.31. The number of rotatable bonds is 7. The Kier molecular flexibility index (Phi) is 5.64. The summed E-state index contributed by atoms with van der Waals surface area (Å²) in [5.74, 6) is 0.264. The molecule has 0 aromatic carbocycles. The predicted molar refractivity (Wildman–Crippen MR) is 71.6 cm³/mol. The van der Waals surface area contributed by atoms with Crippen LogP contribution in [-0.4, -0.2) is 39.3 Å². The van der Waals surface area contributed by atoms with Crippen LogP contribution in [0.5, 0.6) is 0 Å². The zero-order chi connectivity index (χ0) is 13.5. The summed E-state index contributed by atoms with van der Waals surface area (Å²) in [5, 5.41) is 16.0. The number of nitrogens with zero attached hydrogens (tertiary/aromatic N) is 4. The van der Waals surface area contributed by atoms with Gasteiger partial charge in [-0.2, -0.15) is 5.10 Å². The molecule has 0 bridgehead atoms. The molecule has 102 valence electrons. The van der Waals surface area contributed by atoms with E-state index in [2.05, 4.69) is 35.1 Å². The molecule has 0 aliphatic rings. The zero-order valence-electron chi connectivity index (χ0n) is 11.4. The summed E-state index contributed by atoms with van der Waals surface area (Å²) in [4.78, 5) is 2.14. The number of hydrogen-bond donors (Lipinski definition) is 2. The van der Waals surface area contributed by atoms with E-state index >= 15 is 0 Å². The van der Waals surface area contributed by atoms with Crippen LogP contribution in [0.15, 0.2) is 11.2 Å². The van der Waals surface area contributed by atoms with Crippen molar-refractivity contribution in [3.8, 4) is 0 Å². The molecule has 1 rings (SSSR count). The van der Waals surface area contributed by atoms with Crippen LogP contribution in [-0.2, 0) is 19.5 Å². The van der Waals surface area contributed by atoms with Crippen LogP contribution < -0.4 is 5.73 Å². The van der Waals surface area contributed by atoms with Gasteiger partial charge in [-0.15, -0.1) is 0 Å². The number of oxime groups is 1. The van der Waals surface area contributed by atoms with E-state index in [1.807, 2.05) is 11.7 Å². The molecular formula is C12H23N5O. The smallest absolute Gasteiger partial charge is 0.140 e. The molecule has 18 heavy (non-hydrogen) atoms. The fourth-order valence-corrected chi connectivity index (χ4v) is 1.80. The lowest BCUT2D eigenvalue weighted by Crippen LogP contribution is -2.25. The molecule has 6 nitrogen and oxygen atoms in total. The topological polar surface area (TPSA) is 79.7 Å². The standard InChI is InChI=1S/C12H23N5O/c1-4-10-8-11(17(5-2)14-10)9-16(3)7-6-12(13)15-18/h8,18H,4-7,9H2,1-3H3,(H2,13,15). The molecule has 0 unspecified atom stereocenters. The van der Waals surface area contributed by atoms with Crippen molar-refractivity contribution < 1.29 is 5.21 Å². The third-order valence-electron chi connectivity index (χ3n) is 2.89. The third kappa shape index (κ3) is 4.03. The summed E-state index contributed by atoms with van der Waals surface area (Å²) in [6.45, 7) is 6.65. The molecule has 1 aromatic rings. The van der Waals surface area contributed by atoms with Crippen LogP contribution in [0.3, 0.4) is 0 Å². The van der Waals surface area contributed by atoms with Gasteiger partial charge in [-0.25, -0.2) is 0 Å². The van der Waals surface area contributed by atoms with Gasteiger partial charge < -0.3 is 15.8 Å². The number of hydrogen-bond acceptors (Lipinski definition) is 4. The van der Waals surface area contributed by atoms with Gasteiger partial charge in [-0.05, 0) is 26.5 Å². The minimum absolute atomic E-state index is 0.264. The molecule has 1 aromatic heterocycles. The first-order chi connectivity index (χ1) is 8.60. The van der Waals surface area contributed by atoms with Gasteiger partial charge in [-0.3, -0.25) is 4.68 Å². The summed E-state index contributed by atoms with van der Waals surface area (Å²) in [5.41, 5.74) is 7.78. The molecule has 1 heterocycles. The molecule has 0 fully saturated rings. The van der Waals surface area contributed by atoms with Crippen molar-refractivity contribution in [3.63, 3.8) is 0 Å². The van der Waals surface area contributed by atoms with Crippen LogP contribution >= 0.6 is 0 Å². The van der Waals surface area contributed by atoms with E-state index < -0.39 is 0 Å². The molecule has 0 aliphatic carbocycles. The second kappa shape index (κ2) is 7.00. The van der Waals surface area contributed by atoms with E-state index in [-0.39, 0.29) is 5.84 Å². The van der Waals surface area contributed by atoms with Gasteiger partial charge in [0.25, 0.3) is 0 Å². The maximum Gasteiger partial charge on any atom is 0.140 e. The molecule has 6 heteroatoms. The first kappa shape index (κ1) is 14.5. The van der Waals surface area contributed by atoms with Crippen molar-refractivity contribution in [1.29, 1.82) is 0 Å². The van der Waals surface area contributed by atoms with Crippen molar-refractivity contribution in [2.24, 2.45) is 10.9 Å². The lowest BCUT2D eigenvalue weighted by atomic mass is 10.3. The van der Waals surface area contributed by atoms with Gasteiger partial charge in [0, 0.05) is 26.1 Å². The number of aromatic nitrogens is 2. The number of amidine groups is 1. The SMILES string of the molecule is CCc1cc(CN(C)CCC(N)=NO)n(CC)n1. The molecule has 0 atom stereocenters. The molecule has 0 aliphatic heterocycles. The summed E-state index contributed by atoms with van der Waals surface area (Å²) >= 11 is 0. The van der Waals surface area contributed by atoms with Crippen molar-refractivity contribution in [1.82, 2.24) is 14.7 Å². The maximum atomic E-state index is 8.49. The highest BCUT2D eigenvalue weighted by molar-refractivity contribution is 5.79. The van der Waals surface area contributed by atoms with E-state index in [4.69, 9.17) is 10.9 Å². The van der Waals surface area contributed by atoms with Crippen molar-refractivity contribution >= 4 is 5.84 Å². The molecule has 0 saturated carbocycles. The lowest BCUT2D eigenvalue weighted by Gasteiger charge is -2.16. The van der Waals surface area contributed by atoms with Crippen LogP contribution in [0.1, 0.15) is 31.7 Å². The van der Waals surface area contributed by atoms with Crippen molar-refractivity contribution in [3.05, 3.63) is 17.5 Å². The van der Waals surface area contributed by atoms with E-state index in [0.29, 0.717) is 6.42 Å². The van der Waals surface area contributed by atoms with Crippen LogP contribution in [0.4, 0.5) is 0 Å². The highest BCUT2D eigenvalue weighted by Gasteiger charge is 2.08. The second-order valence-corrected chi connectivity index (χ2v) is 4.38. The third-order valence-corrected chi connectivity index (χ3v) is 2.89. The Morgan fingerprint density at radius 1 is 1.56 bits per heavy atom. The summed E-state index contributed by atoms with van der Waals surface area (Å²) in [7, 11) is 2.02. The first-order valence-corrected chi connectivity index (χ1v) is 6.31.